The molecule has 0 radical (unpaired) electrons. The predicted octanol–water partition coefficient (Wildman–Crippen LogP) is 3.00. The standard InChI is InChI=1S/C19H28O7S/c1-7-16(18(20)24-12(2)3)17(19(21)25-13(4)5)26-27(22,23)15-10-8-14(6)9-11-15/h8-13,16-17H,7H2,1-6H3/t16-,17+/m0/s1. The van der Waals surface area contributed by atoms with E-state index in [-0.39, 0.29) is 11.3 Å². The fourth-order valence-electron chi connectivity index (χ4n) is 2.29. The first-order chi connectivity index (χ1) is 12.5. The first-order valence-corrected chi connectivity index (χ1v) is 10.3. The van der Waals surface area contributed by atoms with Gasteiger partial charge in [-0.05, 0) is 53.2 Å². The van der Waals surface area contributed by atoms with Crippen molar-refractivity contribution in [3.63, 3.8) is 0 Å². The first kappa shape index (κ1) is 23.1. The molecule has 0 bridgehead atoms. The molecule has 0 fully saturated rings. The Hall–Kier alpha value is -1.93. The quantitative estimate of drug-likeness (QED) is 0.464. The summed E-state index contributed by atoms with van der Waals surface area (Å²) in [4.78, 5) is 24.8. The number of rotatable bonds is 9. The molecule has 2 atom stereocenters. The molecule has 0 aliphatic heterocycles. The normalized spacial score (nSPS) is 14.1. The van der Waals surface area contributed by atoms with E-state index in [4.69, 9.17) is 13.7 Å². The Morgan fingerprint density at radius 1 is 0.926 bits per heavy atom. The molecule has 0 saturated carbocycles. The monoisotopic (exact) mass is 400 g/mol. The Balaban J connectivity index is 3.22. The molecule has 0 amide bonds. The van der Waals surface area contributed by atoms with Gasteiger partial charge in [-0.2, -0.15) is 8.42 Å². The van der Waals surface area contributed by atoms with Gasteiger partial charge in [-0.25, -0.2) is 4.79 Å². The summed E-state index contributed by atoms with van der Waals surface area (Å²) in [6.45, 7) is 10.0. The Morgan fingerprint density at radius 3 is 1.85 bits per heavy atom. The van der Waals surface area contributed by atoms with Gasteiger partial charge in [-0.15, -0.1) is 0 Å². The highest BCUT2D eigenvalue weighted by Crippen LogP contribution is 2.23. The van der Waals surface area contributed by atoms with Crippen LogP contribution in [0.15, 0.2) is 29.2 Å². The second-order valence-corrected chi connectivity index (χ2v) is 8.34. The lowest BCUT2D eigenvalue weighted by molar-refractivity contribution is -0.169. The summed E-state index contributed by atoms with van der Waals surface area (Å²) in [6.07, 6.45) is -2.39. The molecule has 0 unspecified atom stereocenters. The van der Waals surface area contributed by atoms with Crippen molar-refractivity contribution in [3.05, 3.63) is 29.8 Å². The summed E-state index contributed by atoms with van der Waals surface area (Å²) in [5, 5.41) is 0. The van der Waals surface area contributed by atoms with Crippen LogP contribution in [0.2, 0.25) is 0 Å². The SMILES string of the molecule is CC[C@H](C(=O)OC(C)C)[C@@H](OS(=O)(=O)c1ccc(C)cc1)C(=O)OC(C)C. The number of carbonyl (C=O) groups is 2. The van der Waals surface area contributed by atoms with Gasteiger partial charge in [0.1, 0.15) is 0 Å². The van der Waals surface area contributed by atoms with E-state index in [1.807, 2.05) is 6.92 Å². The Kier molecular flexibility index (Phi) is 8.43. The van der Waals surface area contributed by atoms with Gasteiger partial charge in [0, 0.05) is 0 Å². The maximum Gasteiger partial charge on any atom is 0.337 e. The highest BCUT2D eigenvalue weighted by Gasteiger charge is 2.40. The minimum Gasteiger partial charge on any atom is -0.463 e. The van der Waals surface area contributed by atoms with Crippen LogP contribution in [0, 0.1) is 12.8 Å². The van der Waals surface area contributed by atoms with Crippen LogP contribution in [0.1, 0.15) is 46.6 Å². The van der Waals surface area contributed by atoms with Crippen molar-refractivity contribution in [1.29, 1.82) is 0 Å². The summed E-state index contributed by atoms with van der Waals surface area (Å²) in [6, 6.07) is 5.98. The van der Waals surface area contributed by atoms with Crippen molar-refractivity contribution in [2.24, 2.45) is 5.92 Å². The van der Waals surface area contributed by atoms with Gasteiger partial charge in [0.15, 0.2) is 6.10 Å². The van der Waals surface area contributed by atoms with Gasteiger partial charge in [0.25, 0.3) is 10.1 Å². The summed E-state index contributed by atoms with van der Waals surface area (Å²) in [7, 11) is -4.28. The Labute approximate surface area is 161 Å². The first-order valence-electron chi connectivity index (χ1n) is 8.88. The highest BCUT2D eigenvalue weighted by atomic mass is 32.2. The molecule has 8 heteroatoms. The molecule has 0 aliphatic carbocycles. The molecule has 0 heterocycles. The zero-order valence-corrected chi connectivity index (χ0v) is 17.4. The van der Waals surface area contributed by atoms with Crippen LogP contribution in [0.3, 0.4) is 0 Å². The topological polar surface area (TPSA) is 96.0 Å². The van der Waals surface area contributed by atoms with Crippen LogP contribution in [-0.4, -0.2) is 38.7 Å². The number of ether oxygens (including phenoxy) is 2. The van der Waals surface area contributed by atoms with Gasteiger partial charge in [0.05, 0.1) is 23.0 Å². The van der Waals surface area contributed by atoms with Crippen molar-refractivity contribution in [2.75, 3.05) is 0 Å². The molecule has 0 saturated heterocycles. The predicted molar refractivity (Wildman–Crippen MR) is 99.5 cm³/mol. The lowest BCUT2D eigenvalue weighted by Crippen LogP contribution is -2.41. The van der Waals surface area contributed by atoms with E-state index < -0.39 is 46.3 Å². The fourth-order valence-corrected chi connectivity index (χ4v) is 3.36. The molecular formula is C19H28O7S. The number of hydrogen-bond donors (Lipinski definition) is 0. The zero-order chi connectivity index (χ0) is 20.8. The minimum absolute atomic E-state index is 0.109. The molecule has 0 aliphatic rings. The van der Waals surface area contributed by atoms with E-state index >= 15 is 0 Å². The molecule has 0 N–H and O–H groups in total. The third kappa shape index (κ3) is 6.95. The number of hydrogen-bond acceptors (Lipinski definition) is 7. The lowest BCUT2D eigenvalue weighted by Gasteiger charge is -2.24. The van der Waals surface area contributed by atoms with E-state index in [1.54, 1.807) is 46.8 Å². The van der Waals surface area contributed by atoms with E-state index in [0.717, 1.165) is 5.56 Å². The van der Waals surface area contributed by atoms with Crippen LogP contribution >= 0.6 is 0 Å². The number of carbonyl (C=O) groups excluding carboxylic acids is 2. The zero-order valence-electron chi connectivity index (χ0n) is 16.6. The third-order valence-electron chi connectivity index (χ3n) is 3.58. The highest BCUT2D eigenvalue weighted by molar-refractivity contribution is 7.86. The van der Waals surface area contributed by atoms with Crippen LogP contribution < -0.4 is 0 Å². The number of aryl methyl sites for hydroxylation is 1. The summed E-state index contributed by atoms with van der Waals surface area (Å²) >= 11 is 0. The van der Waals surface area contributed by atoms with Gasteiger partial charge in [-0.3, -0.25) is 8.98 Å². The Bertz CT molecular complexity index is 736. The van der Waals surface area contributed by atoms with E-state index in [2.05, 4.69) is 0 Å². The molecule has 152 valence electrons. The van der Waals surface area contributed by atoms with Crippen LogP contribution in [-0.2, 0) is 33.4 Å². The molecule has 1 aromatic carbocycles. The average molecular weight is 400 g/mol. The summed E-state index contributed by atoms with van der Waals surface area (Å²) in [5.41, 5.74) is 0.872. The second kappa shape index (κ2) is 9.85. The number of benzene rings is 1. The molecule has 1 rings (SSSR count). The average Bonchev–Trinajstić information content (AvgIpc) is 2.53. The van der Waals surface area contributed by atoms with Crippen LogP contribution in [0.25, 0.3) is 0 Å². The van der Waals surface area contributed by atoms with Gasteiger partial charge in [-0.1, -0.05) is 24.6 Å². The molecule has 0 aromatic heterocycles. The molecule has 1 aromatic rings. The molecule has 7 nitrogen and oxygen atoms in total. The van der Waals surface area contributed by atoms with Crippen molar-refractivity contribution >= 4 is 22.1 Å². The van der Waals surface area contributed by atoms with Crippen molar-refractivity contribution < 1.29 is 31.7 Å². The molecular weight excluding hydrogens is 372 g/mol. The van der Waals surface area contributed by atoms with Crippen molar-refractivity contribution in [3.8, 4) is 0 Å². The van der Waals surface area contributed by atoms with Gasteiger partial charge >= 0.3 is 11.9 Å². The Morgan fingerprint density at radius 2 is 1.41 bits per heavy atom. The van der Waals surface area contributed by atoms with Crippen molar-refractivity contribution in [2.45, 2.75) is 71.2 Å². The van der Waals surface area contributed by atoms with Crippen LogP contribution in [0.4, 0.5) is 0 Å². The summed E-state index contributed by atoms with van der Waals surface area (Å²) in [5.74, 6) is -2.75. The third-order valence-corrected chi connectivity index (χ3v) is 4.89. The second-order valence-electron chi connectivity index (χ2n) is 6.77. The van der Waals surface area contributed by atoms with E-state index in [0.29, 0.717) is 0 Å². The lowest BCUT2D eigenvalue weighted by atomic mass is 9.99. The van der Waals surface area contributed by atoms with Crippen LogP contribution in [0.5, 0.6) is 0 Å². The summed E-state index contributed by atoms with van der Waals surface area (Å²) < 4.78 is 40.7. The fraction of sp³-hybridized carbons (Fsp3) is 0.579. The smallest absolute Gasteiger partial charge is 0.337 e. The molecule has 0 spiro atoms. The van der Waals surface area contributed by atoms with Gasteiger partial charge < -0.3 is 9.47 Å². The molecule has 27 heavy (non-hydrogen) atoms. The maximum atomic E-state index is 12.6. The van der Waals surface area contributed by atoms with E-state index in [1.165, 1.54) is 12.1 Å². The number of esters is 2. The minimum atomic E-state index is -4.28. The maximum absolute atomic E-state index is 12.6. The van der Waals surface area contributed by atoms with E-state index in [9.17, 15) is 18.0 Å². The van der Waals surface area contributed by atoms with Gasteiger partial charge in [0.2, 0.25) is 0 Å². The van der Waals surface area contributed by atoms with Crippen molar-refractivity contribution in [1.82, 2.24) is 0 Å². The largest absolute Gasteiger partial charge is 0.463 e.